The molecule has 0 heterocycles. The Kier molecular flexibility index (Phi) is 6.89. The van der Waals surface area contributed by atoms with Gasteiger partial charge in [0.2, 0.25) is 0 Å². The molecule has 33 heavy (non-hydrogen) atoms. The first-order chi connectivity index (χ1) is 15.4. The lowest BCUT2D eigenvalue weighted by Crippen LogP contribution is -2.17. The number of rotatable bonds is 6. The van der Waals surface area contributed by atoms with Gasteiger partial charge in [0, 0.05) is 31.2 Å². The summed E-state index contributed by atoms with van der Waals surface area (Å²) in [6, 6.07) is 14.2. The Labute approximate surface area is 194 Å². The summed E-state index contributed by atoms with van der Waals surface area (Å²) in [5, 5.41) is 2.65. The van der Waals surface area contributed by atoms with Crippen LogP contribution in [0.15, 0.2) is 71.6 Å². The van der Waals surface area contributed by atoms with Crippen molar-refractivity contribution in [3.63, 3.8) is 0 Å². The number of hydrogen-bond donors (Lipinski definition) is 2. The summed E-state index contributed by atoms with van der Waals surface area (Å²) >= 11 is 6.10. The van der Waals surface area contributed by atoms with Crippen molar-refractivity contribution in [1.29, 1.82) is 0 Å². The second-order valence-electron chi connectivity index (χ2n) is 7.22. The van der Waals surface area contributed by atoms with Gasteiger partial charge >= 0.3 is 6.18 Å². The Morgan fingerprint density at radius 1 is 0.939 bits per heavy atom. The molecule has 0 aliphatic heterocycles. The highest BCUT2D eigenvalue weighted by Gasteiger charge is 2.31. The highest BCUT2D eigenvalue weighted by atomic mass is 35.5. The Morgan fingerprint density at radius 2 is 1.61 bits per heavy atom. The molecule has 0 radical (unpaired) electrons. The third kappa shape index (κ3) is 5.96. The maximum atomic E-state index is 12.9. The number of sulfonamides is 1. The summed E-state index contributed by atoms with van der Waals surface area (Å²) in [6.45, 7) is 0. The number of nitrogens with zero attached hydrogens (tertiary/aromatic N) is 1. The van der Waals surface area contributed by atoms with Gasteiger partial charge < -0.3 is 10.2 Å². The molecule has 3 aromatic rings. The minimum absolute atomic E-state index is 0.00966. The highest BCUT2D eigenvalue weighted by molar-refractivity contribution is 7.92. The van der Waals surface area contributed by atoms with Gasteiger partial charge in [-0.25, -0.2) is 8.42 Å². The second kappa shape index (κ2) is 9.32. The maximum Gasteiger partial charge on any atom is 0.416 e. The van der Waals surface area contributed by atoms with Crippen molar-refractivity contribution in [2.24, 2.45) is 0 Å². The van der Waals surface area contributed by atoms with Crippen LogP contribution in [0, 0.1) is 0 Å². The van der Waals surface area contributed by atoms with Crippen LogP contribution in [-0.2, 0) is 16.2 Å². The molecule has 6 nitrogen and oxygen atoms in total. The van der Waals surface area contributed by atoms with E-state index in [1.165, 1.54) is 12.1 Å². The van der Waals surface area contributed by atoms with Crippen LogP contribution in [0.1, 0.15) is 15.9 Å². The van der Waals surface area contributed by atoms with Crippen molar-refractivity contribution in [3.05, 3.63) is 82.9 Å². The van der Waals surface area contributed by atoms with Gasteiger partial charge in [-0.1, -0.05) is 17.7 Å². The fourth-order valence-corrected chi connectivity index (χ4v) is 4.14. The fourth-order valence-electron chi connectivity index (χ4n) is 2.86. The number of nitrogens with one attached hydrogen (secondary N) is 2. The average molecular weight is 498 g/mol. The molecule has 0 spiro atoms. The lowest BCUT2D eigenvalue weighted by Gasteiger charge is -2.14. The molecule has 0 saturated carbocycles. The number of alkyl halides is 3. The molecular formula is C22H19ClF3N3O3S. The van der Waals surface area contributed by atoms with Crippen LogP contribution in [0.3, 0.4) is 0 Å². The molecule has 2 N–H and O–H groups in total. The molecule has 1 amide bonds. The van der Waals surface area contributed by atoms with Crippen molar-refractivity contribution in [1.82, 2.24) is 0 Å². The first kappa shape index (κ1) is 24.4. The van der Waals surface area contributed by atoms with E-state index in [9.17, 15) is 26.4 Å². The van der Waals surface area contributed by atoms with E-state index in [1.54, 1.807) is 24.3 Å². The van der Waals surface area contributed by atoms with Gasteiger partial charge in [-0.3, -0.25) is 9.52 Å². The number of benzene rings is 3. The lowest BCUT2D eigenvalue weighted by atomic mass is 10.2. The lowest BCUT2D eigenvalue weighted by molar-refractivity contribution is -0.137. The third-order valence-electron chi connectivity index (χ3n) is 4.58. The third-order valence-corrected chi connectivity index (χ3v) is 6.28. The van der Waals surface area contributed by atoms with Crippen molar-refractivity contribution in [2.45, 2.75) is 11.1 Å². The molecule has 0 atom stereocenters. The summed E-state index contributed by atoms with van der Waals surface area (Å²) in [6.07, 6.45) is -4.63. The molecule has 0 unspecified atom stereocenters. The van der Waals surface area contributed by atoms with E-state index in [4.69, 9.17) is 11.6 Å². The zero-order valence-corrected chi connectivity index (χ0v) is 19.0. The van der Waals surface area contributed by atoms with Crippen LogP contribution in [0.4, 0.5) is 30.2 Å². The summed E-state index contributed by atoms with van der Waals surface area (Å²) in [4.78, 5) is 14.2. The summed E-state index contributed by atoms with van der Waals surface area (Å²) in [5.41, 5.74) is 0.00277. The predicted molar refractivity (Wildman–Crippen MR) is 122 cm³/mol. The van der Waals surface area contributed by atoms with Gasteiger partial charge in [-0.05, 0) is 60.7 Å². The van der Waals surface area contributed by atoms with Gasteiger partial charge in [0.25, 0.3) is 15.9 Å². The average Bonchev–Trinajstić information content (AvgIpc) is 2.73. The Balaban J connectivity index is 1.84. The Bertz CT molecular complexity index is 1280. The first-order valence-electron chi connectivity index (χ1n) is 9.45. The highest BCUT2D eigenvalue weighted by Crippen LogP contribution is 2.31. The van der Waals surface area contributed by atoms with E-state index in [-0.39, 0.29) is 21.2 Å². The van der Waals surface area contributed by atoms with Crippen molar-refractivity contribution in [3.8, 4) is 0 Å². The number of hydrogen-bond acceptors (Lipinski definition) is 4. The van der Waals surface area contributed by atoms with Crippen molar-refractivity contribution >= 4 is 44.6 Å². The standard InChI is InChI=1S/C22H19ClF3N3O3S/c1-29(2)17-8-6-15(7-9-17)27-21(30)19-13-18(10-11-20(19)23)33(31,32)28-16-5-3-4-14(12-16)22(24,25)26/h3-13,28H,1-2H3,(H,27,30). The summed E-state index contributed by atoms with van der Waals surface area (Å²) < 4.78 is 66.3. The van der Waals surface area contributed by atoms with E-state index < -0.39 is 27.7 Å². The molecule has 0 aromatic heterocycles. The molecule has 3 aromatic carbocycles. The van der Waals surface area contributed by atoms with Crippen LogP contribution in [0.2, 0.25) is 5.02 Å². The normalized spacial score (nSPS) is 11.7. The van der Waals surface area contributed by atoms with Crippen LogP contribution in [-0.4, -0.2) is 28.4 Å². The topological polar surface area (TPSA) is 78.5 Å². The molecule has 0 fully saturated rings. The van der Waals surface area contributed by atoms with Crippen LogP contribution < -0.4 is 14.9 Å². The minimum Gasteiger partial charge on any atom is -0.378 e. The van der Waals surface area contributed by atoms with Gasteiger partial charge in [-0.2, -0.15) is 13.2 Å². The van der Waals surface area contributed by atoms with Gasteiger partial charge in [0.1, 0.15) is 0 Å². The zero-order valence-electron chi connectivity index (χ0n) is 17.4. The minimum atomic E-state index is -4.63. The van der Waals surface area contributed by atoms with Crippen LogP contribution >= 0.6 is 11.6 Å². The fraction of sp³-hybridized carbons (Fsp3) is 0.136. The molecule has 3 rings (SSSR count). The van der Waals surface area contributed by atoms with Gasteiger partial charge in [0.05, 0.1) is 21.0 Å². The number of amides is 1. The molecule has 11 heteroatoms. The molecule has 0 aliphatic carbocycles. The van der Waals surface area contributed by atoms with E-state index in [2.05, 4.69) is 10.0 Å². The zero-order chi connectivity index (χ0) is 24.4. The Morgan fingerprint density at radius 3 is 2.21 bits per heavy atom. The van der Waals surface area contributed by atoms with E-state index in [1.807, 2.05) is 19.0 Å². The number of carbonyl (C=O) groups excluding carboxylic acids is 1. The SMILES string of the molecule is CN(C)c1ccc(NC(=O)c2cc(S(=O)(=O)Nc3cccc(C(F)(F)F)c3)ccc2Cl)cc1. The van der Waals surface area contributed by atoms with E-state index in [0.29, 0.717) is 11.8 Å². The van der Waals surface area contributed by atoms with E-state index >= 15 is 0 Å². The molecule has 0 saturated heterocycles. The summed E-state index contributed by atoms with van der Waals surface area (Å²) in [5.74, 6) is -0.645. The van der Waals surface area contributed by atoms with E-state index in [0.717, 1.165) is 30.0 Å². The first-order valence-corrected chi connectivity index (χ1v) is 11.3. The number of halogens is 4. The largest absolute Gasteiger partial charge is 0.416 e. The summed E-state index contributed by atoms with van der Waals surface area (Å²) in [7, 11) is -0.562. The monoisotopic (exact) mass is 497 g/mol. The molecule has 0 bridgehead atoms. The quantitative estimate of drug-likeness (QED) is 0.473. The number of anilines is 3. The smallest absolute Gasteiger partial charge is 0.378 e. The Hall–Kier alpha value is -3.24. The molecular weight excluding hydrogens is 479 g/mol. The molecule has 0 aliphatic rings. The predicted octanol–water partition coefficient (Wildman–Crippen LogP) is 5.48. The van der Waals surface area contributed by atoms with Crippen LogP contribution in [0.25, 0.3) is 0 Å². The van der Waals surface area contributed by atoms with Crippen molar-refractivity contribution in [2.75, 3.05) is 29.0 Å². The second-order valence-corrected chi connectivity index (χ2v) is 9.31. The molecule has 174 valence electrons. The van der Waals surface area contributed by atoms with Gasteiger partial charge in [0.15, 0.2) is 0 Å². The van der Waals surface area contributed by atoms with Crippen molar-refractivity contribution < 1.29 is 26.4 Å². The van der Waals surface area contributed by atoms with Crippen LogP contribution in [0.5, 0.6) is 0 Å². The maximum absolute atomic E-state index is 12.9. The number of carbonyl (C=O) groups is 1. The van der Waals surface area contributed by atoms with Gasteiger partial charge in [-0.15, -0.1) is 0 Å².